The topological polar surface area (TPSA) is 66.8 Å². The summed E-state index contributed by atoms with van der Waals surface area (Å²) in [4.78, 5) is 12.0. The molecule has 4 heteroatoms. The van der Waals surface area contributed by atoms with Crippen molar-refractivity contribution in [3.05, 3.63) is 28.8 Å². The summed E-state index contributed by atoms with van der Waals surface area (Å²) in [5.74, 6) is -0.0224. The van der Waals surface area contributed by atoms with Crippen molar-refractivity contribution < 1.29 is 19.7 Å². The highest BCUT2D eigenvalue weighted by Crippen LogP contribution is 2.42. The van der Waals surface area contributed by atoms with Gasteiger partial charge in [0.15, 0.2) is 0 Å². The summed E-state index contributed by atoms with van der Waals surface area (Å²) in [6.07, 6.45) is 4.56. The monoisotopic (exact) mass is 364 g/mol. The standard InChI is InChI=1S/C22H36O4/c1-7-8-9-10-22(5,6)18-14-16(15-19(24)26-12-11-23)13-17(20(18)25)21(2,3)4/h13-14,23,25H,7-12,15H2,1-6H3. The van der Waals surface area contributed by atoms with Gasteiger partial charge in [-0.1, -0.05) is 72.9 Å². The zero-order chi connectivity index (χ0) is 20.0. The lowest BCUT2D eigenvalue weighted by atomic mass is 9.75. The van der Waals surface area contributed by atoms with Gasteiger partial charge in [0.05, 0.1) is 13.0 Å². The van der Waals surface area contributed by atoms with E-state index in [4.69, 9.17) is 9.84 Å². The molecule has 1 rings (SSSR count). The second-order valence-corrected chi connectivity index (χ2v) is 8.75. The molecule has 0 saturated carbocycles. The first-order valence-corrected chi connectivity index (χ1v) is 9.66. The molecule has 0 bridgehead atoms. The Labute approximate surface area is 158 Å². The molecule has 26 heavy (non-hydrogen) atoms. The zero-order valence-electron chi connectivity index (χ0n) is 17.3. The van der Waals surface area contributed by atoms with E-state index in [2.05, 4.69) is 41.5 Å². The van der Waals surface area contributed by atoms with Crippen LogP contribution >= 0.6 is 0 Å². The number of unbranched alkanes of at least 4 members (excludes halogenated alkanes) is 2. The van der Waals surface area contributed by atoms with Crippen LogP contribution in [0.15, 0.2) is 12.1 Å². The van der Waals surface area contributed by atoms with E-state index < -0.39 is 0 Å². The molecule has 0 unspecified atom stereocenters. The number of phenols is 1. The molecule has 0 spiro atoms. The Morgan fingerprint density at radius 3 is 2.23 bits per heavy atom. The Balaban J connectivity index is 3.26. The minimum atomic E-state index is -0.362. The quantitative estimate of drug-likeness (QED) is 0.495. The molecule has 0 saturated heterocycles. The molecular formula is C22H36O4. The van der Waals surface area contributed by atoms with Crippen molar-refractivity contribution in [2.45, 2.75) is 84.5 Å². The lowest BCUT2D eigenvalue weighted by Gasteiger charge is -2.31. The molecule has 0 amide bonds. The van der Waals surface area contributed by atoms with E-state index in [0.29, 0.717) is 5.75 Å². The SMILES string of the molecule is CCCCCC(C)(C)c1cc(CC(=O)OCCO)cc(C(C)(C)C)c1O. The second kappa shape index (κ2) is 9.40. The third-order valence-electron chi connectivity index (χ3n) is 4.81. The minimum absolute atomic E-state index is 0.0123. The second-order valence-electron chi connectivity index (χ2n) is 8.75. The van der Waals surface area contributed by atoms with Crippen molar-refractivity contribution in [3.63, 3.8) is 0 Å². The summed E-state index contributed by atoms with van der Waals surface area (Å²) in [6, 6.07) is 3.85. The van der Waals surface area contributed by atoms with Crippen molar-refractivity contribution in [1.29, 1.82) is 0 Å². The van der Waals surface area contributed by atoms with Crippen LogP contribution in [0.25, 0.3) is 0 Å². The smallest absolute Gasteiger partial charge is 0.310 e. The molecule has 0 aliphatic rings. The van der Waals surface area contributed by atoms with Crippen molar-refractivity contribution >= 4 is 5.97 Å². The summed E-state index contributed by atoms with van der Waals surface area (Å²) in [5, 5.41) is 19.8. The van der Waals surface area contributed by atoms with E-state index in [9.17, 15) is 9.90 Å². The van der Waals surface area contributed by atoms with E-state index in [0.717, 1.165) is 36.0 Å². The molecule has 1 aromatic rings. The Bertz CT molecular complexity index is 597. The largest absolute Gasteiger partial charge is 0.507 e. The molecule has 148 valence electrons. The molecule has 0 radical (unpaired) electrons. The minimum Gasteiger partial charge on any atom is -0.507 e. The third-order valence-corrected chi connectivity index (χ3v) is 4.81. The number of ether oxygens (including phenoxy) is 1. The fourth-order valence-electron chi connectivity index (χ4n) is 3.21. The fraction of sp³-hybridized carbons (Fsp3) is 0.682. The molecule has 4 nitrogen and oxygen atoms in total. The maximum atomic E-state index is 12.0. The normalized spacial score (nSPS) is 12.3. The lowest BCUT2D eigenvalue weighted by Crippen LogP contribution is -2.21. The van der Waals surface area contributed by atoms with Gasteiger partial charge in [0.1, 0.15) is 12.4 Å². The van der Waals surface area contributed by atoms with Crippen molar-refractivity contribution in [2.75, 3.05) is 13.2 Å². The van der Waals surface area contributed by atoms with Crippen LogP contribution in [0.2, 0.25) is 0 Å². The van der Waals surface area contributed by atoms with Gasteiger partial charge in [0.2, 0.25) is 0 Å². The van der Waals surface area contributed by atoms with Gasteiger partial charge >= 0.3 is 5.97 Å². The summed E-state index contributed by atoms with van der Waals surface area (Å²) in [7, 11) is 0. The number of carbonyl (C=O) groups is 1. The van der Waals surface area contributed by atoms with E-state index in [1.54, 1.807) is 0 Å². The molecule has 0 aliphatic heterocycles. The third kappa shape index (κ3) is 6.31. The maximum absolute atomic E-state index is 12.0. The Kier molecular flexibility index (Phi) is 8.14. The molecule has 1 aromatic carbocycles. The van der Waals surface area contributed by atoms with Crippen LogP contribution in [0, 0.1) is 0 Å². The number of rotatable bonds is 9. The number of aliphatic hydroxyl groups excluding tert-OH is 1. The van der Waals surface area contributed by atoms with Gasteiger partial charge in [-0.05, 0) is 28.4 Å². The van der Waals surface area contributed by atoms with E-state index in [1.165, 1.54) is 6.42 Å². The van der Waals surface area contributed by atoms with Crippen LogP contribution < -0.4 is 0 Å². The summed E-state index contributed by atoms with van der Waals surface area (Å²) in [5.41, 5.74) is 2.18. The van der Waals surface area contributed by atoms with Crippen molar-refractivity contribution in [2.24, 2.45) is 0 Å². The molecule has 0 aromatic heterocycles. The Morgan fingerprint density at radius 1 is 1.08 bits per heavy atom. The van der Waals surface area contributed by atoms with Crippen LogP contribution in [0.1, 0.15) is 83.9 Å². The molecule has 2 N–H and O–H groups in total. The number of aromatic hydroxyl groups is 1. The molecular weight excluding hydrogens is 328 g/mol. The Hall–Kier alpha value is -1.55. The molecule has 0 atom stereocenters. The summed E-state index contributed by atoms with van der Waals surface area (Å²) < 4.78 is 5.00. The highest BCUT2D eigenvalue weighted by molar-refractivity contribution is 5.73. The van der Waals surface area contributed by atoms with Crippen LogP contribution in [-0.4, -0.2) is 29.4 Å². The maximum Gasteiger partial charge on any atom is 0.310 e. The highest BCUT2D eigenvalue weighted by Gasteiger charge is 2.29. The number of esters is 1. The van der Waals surface area contributed by atoms with Gasteiger partial charge in [-0.25, -0.2) is 0 Å². The van der Waals surface area contributed by atoms with Gasteiger partial charge in [0.25, 0.3) is 0 Å². The average Bonchev–Trinajstić information content (AvgIpc) is 2.53. The van der Waals surface area contributed by atoms with Gasteiger partial charge in [-0.15, -0.1) is 0 Å². The number of carbonyl (C=O) groups excluding carboxylic acids is 1. The number of phenolic OH excluding ortho intramolecular Hbond substituents is 1. The van der Waals surface area contributed by atoms with Crippen LogP contribution in [0.5, 0.6) is 5.75 Å². The number of hydrogen-bond acceptors (Lipinski definition) is 4. The van der Waals surface area contributed by atoms with Gasteiger partial charge in [0, 0.05) is 5.56 Å². The number of benzene rings is 1. The van der Waals surface area contributed by atoms with Gasteiger partial charge < -0.3 is 14.9 Å². The zero-order valence-corrected chi connectivity index (χ0v) is 17.3. The summed E-state index contributed by atoms with van der Waals surface area (Å²) in [6.45, 7) is 12.5. The predicted octanol–water partition coefficient (Wildman–Crippen LogP) is 4.63. The first kappa shape index (κ1) is 22.5. The van der Waals surface area contributed by atoms with E-state index in [1.807, 2.05) is 12.1 Å². The Morgan fingerprint density at radius 2 is 1.69 bits per heavy atom. The molecule has 0 aliphatic carbocycles. The molecule has 0 heterocycles. The average molecular weight is 365 g/mol. The van der Waals surface area contributed by atoms with Gasteiger partial charge in [-0.2, -0.15) is 0 Å². The lowest BCUT2D eigenvalue weighted by molar-refractivity contribution is -0.143. The fourth-order valence-corrected chi connectivity index (χ4v) is 3.21. The van der Waals surface area contributed by atoms with Crippen LogP contribution in [0.4, 0.5) is 0 Å². The molecule has 0 fully saturated rings. The highest BCUT2D eigenvalue weighted by atomic mass is 16.5. The van der Waals surface area contributed by atoms with E-state index in [-0.39, 0.29) is 36.4 Å². The van der Waals surface area contributed by atoms with Crippen molar-refractivity contribution in [1.82, 2.24) is 0 Å². The number of aliphatic hydroxyl groups is 1. The van der Waals surface area contributed by atoms with Crippen LogP contribution in [0.3, 0.4) is 0 Å². The predicted molar refractivity (Wildman–Crippen MR) is 106 cm³/mol. The van der Waals surface area contributed by atoms with Crippen LogP contribution in [-0.2, 0) is 26.8 Å². The van der Waals surface area contributed by atoms with Gasteiger partial charge in [-0.3, -0.25) is 4.79 Å². The first-order valence-electron chi connectivity index (χ1n) is 9.66. The number of hydrogen-bond donors (Lipinski definition) is 2. The van der Waals surface area contributed by atoms with Crippen molar-refractivity contribution in [3.8, 4) is 5.75 Å². The first-order chi connectivity index (χ1) is 12.0. The summed E-state index contributed by atoms with van der Waals surface area (Å²) >= 11 is 0. The van der Waals surface area contributed by atoms with E-state index >= 15 is 0 Å².